The van der Waals surface area contributed by atoms with Crippen molar-refractivity contribution in [2.75, 3.05) is 14.2 Å². The maximum Gasteiger partial charge on any atom is 0.307 e. The van der Waals surface area contributed by atoms with Gasteiger partial charge in [0.05, 0.1) is 31.6 Å². The van der Waals surface area contributed by atoms with E-state index in [9.17, 15) is 4.79 Å². The Hall–Kier alpha value is -1.36. The van der Waals surface area contributed by atoms with Gasteiger partial charge in [-0.05, 0) is 14.0 Å². The number of esters is 1. The van der Waals surface area contributed by atoms with Gasteiger partial charge in [0.25, 0.3) is 0 Å². The van der Waals surface area contributed by atoms with Crippen LogP contribution in [0.15, 0.2) is 12.5 Å². The summed E-state index contributed by atoms with van der Waals surface area (Å²) in [6.07, 6.45) is 3.85. The molecule has 0 fully saturated rings. The molecule has 1 unspecified atom stereocenters. The van der Waals surface area contributed by atoms with Gasteiger partial charge in [-0.15, -0.1) is 0 Å². The van der Waals surface area contributed by atoms with Crippen LogP contribution in [0.1, 0.15) is 25.1 Å². The molecule has 1 N–H and O–H groups in total. The predicted octanol–water partition coefficient (Wildman–Crippen LogP) is 0.727. The molecule has 1 atom stereocenters. The number of ether oxygens (including phenoxy) is 1. The minimum atomic E-state index is -0.224. The van der Waals surface area contributed by atoms with Crippen LogP contribution in [0.5, 0.6) is 0 Å². The zero-order chi connectivity index (χ0) is 11.3. The Labute approximate surface area is 89.4 Å². The lowest BCUT2D eigenvalue weighted by Crippen LogP contribution is -2.23. The lowest BCUT2D eigenvalue weighted by molar-refractivity contribution is -0.141. The van der Waals surface area contributed by atoms with E-state index in [2.05, 4.69) is 15.0 Å². The van der Waals surface area contributed by atoms with E-state index in [-0.39, 0.29) is 12.0 Å². The van der Waals surface area contributed by atoms with E-state index in [4.69, 9.17) is 0 Å². The lowest BCUT2D eigenvalue weighted by Gasteiger charge is -2.16. The van der Waals surface area contributed by atoms with Gasteiger partial charge >= 0.3 is 5.97 Å². The highest BCUT2D eigenvalue weighted by molar-refractivity contribution is 5.70. The first kappa shape index (κ1) is 11.7. The van der Waals surface area contributed by atoms with E-state index >= 15 is 0 Å². The standard InChI is InChI=1S/C10H17N3O2/c1-4-13-7-12-6-9(13)8(11-2)5-10(14)15-3/h6-8,11H,4-5H2,1-3H3. The monoisotopic (exact) mass is 211 g/mol. The molecule has 15 heavy (non-hydrogen) atoms. The molecule has 0 aliphatic heterocycles. The molecule has 0 aliphatic carbocycles. The summed E-state index contributed by atoms with van der Waals surface area (Å²) in [5.74, 6) is -0.224. The van der Waals surface area contributed by atoms with Crippen molar-refractivity contribution in [3.63, 3.8) is 0 Å². The predicted molar refractivity (Wildman–Crippen MR) is 56.3 cm³/mol. The van der Waals surface area contributed by atoms with E-state index in [0.717, 1.165) is 12.2 Å². The molecule has 1 aromatic heterocycles. The number of carbonyl (C=O) groups is 1. The van der Waals surface area contributed by atoms with E-state index in [1.165, 1.54) is 7.11 Å². The van der Waals surface area contributed by atoms with Crippen molar-refractivity contribution in [3.05, 3.63) is 18.2 Å². The van der Waals surface area contributed by atoms with Crippen LogP contribution in [0.4, 0.5) is 0 Å². The first-order valence-electron chi connectivity index (χ1n) is 4.97. The van der Waals surface area contributed by atoms with Crippen molar-refractivity contribution in [1.29, 1.82) is 0 Å². The third-order valence-electron chi connectivity index (χ3n) is 2.39. The van der Waals surface area contributed by atoms with Crippen molar-refractivity contribution >= 4 is 5.97 Å². The Kier molecular flexibility index (Phi) is 4.30. The minimum absolute atomic E-state index is 0.0418. The third kappa shape index (κ3) is 2.79. The maximum absolute atomic E-state index is 11.2. The molecule has 5 nitrogen and oxygen atoms in total. The SMILES string of the molecule is CCn1cncc1C(CC(=O)OC)NC. The molecule has 0 spiro atoms. The zero-order valence-corrected chi connectivity index (χ0v) is 9.36. The van der Waals surface area contributed by atoms with Gasteiger partial charge in [0.15, 0.2) is 0 Å². The van der Waals surface area contributed by atoms with Crippen LogP contribution in [-0.2, 0) is 16.1 Å². The van der Waals surface area contributed by atoms with E-state index in [0.29, 0.717) is 6.42 Å². The molecule has 0 radical (unpaired) electrons. The highest BCUT2D eigenvalue weighted by Crippen LogP contribution is 2.16. The molecule has 1 rings (SSSR count). The van der Waals surface area contributed by atoms with E-state index < -0.39 is 0 Å². The highest BCUT2D eigenvalue weighted by Gasteiger charge is 2.17. The second-order valence-corrected chi connectivity index (χ2v) is 3.23. The van der Waals surface area contributed by atoms with E-state index in [1.807, 2.05) is 18.5 Å². The molecular formula is C10H17N3O2. The van der Waals surface area contributed by atoms with Gasteiger partial charge in [0.2, 0.25) is 0 Å². The van der Waals surface area contributed by atoms with Crippen LogP contribution in [0.2, 0.25) is 0 Å². The largest absolute Gasteiger partial charge is 0.469 e. The average molecular weight is 211 g/mol. The molecule has 0 aliphatic rings. The highest BCUT2D eigenvalue weighted by atomic mass is 16.5. The van der Waals surface area contributed by atoms with Crippen molar-refractivity contribution in [2.24, 2.45) is 0 Å². The summed E-state index contributed by atoms with van der Waals surface area (Å²) >= 11 is 0. The lowest BCUT2D eigenvalue weighted by atomic mass is 10.1. The summed E-state index contributed by atoms with van der Waals surface area (Å²) in [5, 5.41) is 3.08. The van der Waals surface area contributed by atoms with Crippen LogP contribution in [0.25, 0.3) is 0 Å². The number of methoxy groups -OCH3 is 1. The molecule has 5 heteroatoms. The number of imidazole rings is 1. The molecule has 0 aromatic carbocycles. The molecule has 84 valence electrons. The quantitative estimate of drug-likeness (QED) is 0.729. The summed E-state index contributed by atoms with van der Waals surface area (Å²) in [7, 11) is 3.22. The number of nitrogens with one attached hydrogen (secondary N) is 1. The Morgan fingerprint density at radius 1 is 1.73 bits per heavy atom. The van der Waals surface area contributed by atoms with Crippen molar-refractivity contribution < 1.29 is 9.53 Å². The van der Waals surface area contributed by atoms with Gasteiger partial charge in [-0.2, -0.15) is 0 Å². The summed E-state index contributed by atoms with van der Waals surface area (Å²) in [6, 6.07) is -0.0418. The second-order valence-electron chi connectivity index (χ2n) is 3.23. The van der Waals surface area contributed by atoms with E-state index in [1.54, 1.807) is 12.5 Å². The first-order chi connectivity index (χ1) is 7.22. The van der Waals surface area contributed by atoms with Crippen LogP contribution in [0, 0.1) is 0 Å². The number of hydrogen-bond acceptors (Lipinski definition) is 4. The third-order valence-corrected chi connectivity index (χ3v) is 2.39. The Bertz CT molecular complexity index is 322. The van der Waals surface area contributed by atoms with Gasteiger partial charge in [0, 0.05) is 12.7 Å². The molecule has 1 heterocycles. The van der Waals surface area contributed by atoms with Crippen LogP contribution in [0.3, 0.4) is 0 Å². The minimum Gasteiger partial charge on any atom is -0.469 e. The smallest absolute Gasteiger partial charge is 0.307 e. The fourth-order valence-corrected chi connectivity index (χ4v) is 1.49. The fraction of sp³-hybridized carbons (Fsp3) is 0.600. The molecule has 0 saturated carbocycles. The molecule has 1 aromatic rings. The van der Waals surface area contributed by atoms with Gasteiger partial charge in [0.1, 0.15) is 0 Å². The van der Waals surface area contributed by atoms with Crippen molar-refractivity contribution in [2.45, 2.75) is 25.9 Å². The number of aryl methyl sites for hydroxylation is 1. The Morgan fingerprint density at radius 3 is 3.00 bits per heavy atom. The van der Waals surface area contributed by atoms with Crippen molar-refractivity contribution in [3.8, 4) is 0 Å². The fourth-order valence-electron chi connectivity index (χ4n) is 1.49. The first-order valence-corrected chi connectivity index (χ1v) is 4.97. The van der Waals surface area contributed by atoms with Crippen molar-refractivity contribution in [1.82, 2.24) is 14.9 Å². The zero-order valence-electron chi connectivity index (χ0n) is 9.36. The van der Waals surface area contributed by atoms with Crippen LogP contribution < -0.4 is 5.32 Å². The normalized spacial score (nSPS) is 12.5. The number of aromatic nitrogens is 2. The molecule has 0 bridgehead atoms. The molecular weight excluding hydrogens is 194 g/mol. The number of hydrogen-bond donors (Lipinski definition) is 1. The molecule has 0 saturated heterocycles. The summed E-state index contributed by atoms with van der Waals surface area (Å²) in [6.45, 7) is 2.88. The number of rotatable bonds is 5. The van der Waals surface area contributed by atoms with Gasteiger partial charge in [-0.1, -0.05) is 0 Å². The average Bonchev–Trinajstić information content (AvgIpc) is 2.73. The van der Waals surface area contributed by atoms with Crippen LogP contribution in [-0.4, -0.2) is 29.7 Å². The van der Waals surface area contributed by atoms with Gasteiger partial charge < -0.3 is 14.6 Å². The maximum atomic E-state index is 11.2. The Morgan fingerprint density at radius 2 is 2.47 bits per heavy atom. The number of nitrogens with zero attached hydrogens (tertiary/aromatic N) is 2. The summed E-state index contributed by atoms with van der Waals surface area (Å²) in [5.41, 5.74) is 1.01. The second kappa shape index (κ2) is 5.50. The topological polar surface area (TPSA) is 56.2 Å². The van der Waals surface area contributed by atoms with Crippen LogP contribution >= 0.6 is 0 Å². The Balaban J connectivity index is 2.78. The number of carbonyl (C=O) groups excluding carboxylic acids is 1. The summed E-state index contributed by atoms with van der Waals surface area (Å²) < 4.78 is 6.65. The molecule has 0 amide bonds. The van der Waals surface area contributed by atoms with Gasteiger partial charge in [-0.25, -0.2) is 4.98 Å². The van der Waals surface area contributed by atoms with Gasteiger partial charge in [-0.3, -0.25) is 4.79 Å². The summed E-state index contributed by atoms with van der Waals surface area (Å²) in [4.78, 5) is 15.2.